The second-order valence-electron chi connectivity index (χ2n) is 15.1. The monoisotopic (exact) mass is 795 g/mol. The summed E-state index contributed by atoms with van der Waals surface area (Å²) in [5.74, 6) is 1.52. The van der Waals surface area contributed by atoms with Gasteiger partial charge in [-0.05, 0) is 134 Å². The standard InChI is InChI=1S/C53H49NO6/c1-36-7-21-45(22-8-36)54(46-23-9-37(2)10-24-46)47-25-15-42(16-26-47)53(5,43-17-31-48(57-6)32-18-43)44-19-33-51(34-20-44)60-52(56)35-58-49-27-11-40(12-28-49)38(3)41-13-29-50(30-14-41)59-39(4)55/h7-34,38H,35H2,1-6H3. The Morgan fingerprint density at radius 1 is 0.517 bits per heavy atom. The summed E-state index contributed by atoms with van der Waals surface area (Å²) in [6.45, 7) is 9.65. The summed E-state index contributed by atoms with van der Waals surface area (Å²) >= 11 is 0. The molecule has 0 spiro atoms. The quantitative estimate of drug-likeness (QED) is 0.0616. The third-order valence-electron chi connectivity index (χ3n) is 11.0. The largest absolute Gasteiger partial charge is 0.497 e. The van der Waals surface area contributed by atoms with Gasteiger partial charge in [-0.1, -0.05) is 103 Å². The summed E-state index contributed by atoms with van der Waals surface area (Å²) in [6, 6.07) is 56.8. The zero-order valence-corrected chi connectivity index (χ0v) is 34.8. The van der Waals surface area contributed by atoms with Gasteiger partial charge in [0, 0.05) is 35.3 Å². The molecule has 0 heterocycles. The van der Waals surface area contributed by atoms with E-state index in [0.717, 1.165) is 50.6 Å². The van der Waals surface area contributed by atoms with E-state index >= 15 is 0 Å². The topological polar surface area (TPSA) is 74.3 Å². The number of ether oxygens (including phenoxy) is 4. The summed E-state index contributed by atoms with van der Waals surface area (Å²) in [4.78, 5) is 26.5. The van der Waals surface area contributed by atoms with E-state index in [4.69, 9.17) is 18.9 Å². The Hall–Kier alpha value is -7.12. The van der Waals surface area contributed by atoms with Gasteiger partial charge < -0.3 is 23.8 Å². The van der Waals surface area contributed by atoms with E-state index in [-0.39, 0.29) is 18.5 Å². The third kappa shape index (κ3) is 9.43. The minimum atomic E-state index is -0.563. The first-order valence-corrected chi connectivity index (χ1v) is 20.0. The average molecular weight is 796 g/mol. The Labute approximate surface area is 352 Å². The van der Waals surface area contributed by atoms with E-state index in [1.54, 1.807) is 19.2 Å². The summed E-state index contributed by atoms with van der Waals surface area (Å²) in [5, 5.41) is 0. The van der Waals surface area contributed by atoms with Gasteiger partial charge in [0.05, 0.1) is 7.11 Å². The van der Waals surface area contributed by atoms with E-state index < -0.39 is 11.4 Å². The molecule has 0 bridgehead atoms. The fourth-order valence-electron chi connectivity index (χ4n) is 7.40. The number of esters is 2. The molecule has 7 nitrogen and oxygen atoms in total. The molecule has 302 valence electrons. The van der Waals surface area contributed by atoms with Crippen LogP contribution < -0.4 is 23.8 Å². The minimum Gasteiger partial charge on any atom is -0.497 e. The van der Waals surface area contributed by atoms with Crippen LogP contribution in [0.2, 0.25) is 0 Å². The predicted molar refractivity (Wildman–Crippen MR) is 238 cm³/mol. The summed E-state index contributed by atoms with van der Waals surface area (Å²) in [6.07, 6.45) is 0. The molecule has 0 saturated heterocycles. The molecule has 7 aromatic carbocycles. The van der Waals surface area contributed by atoms with E-state index in [1.165, 1.54) is 18.1 Å². The number of hydrogen-bond donors (Lipinski definition) is 0. The molecule has 0 aliphatic heterocycles. The molecule has 0 aliphatic carbocycles. The first-order chi connectivity index (χ1) is 29.0. The molecule has 0 aliphatic rings. The van der Waals surface area contributed by atoms with Crippen molar-refractivity contribution in [3.63, 3.8) is 0 Å². The molecule has 2 atom stereocenters. The summed E-state index contributed by atoms with van der Waals surface area (Å²) in [7, 11) is 1.67. The molecule has 0 N–H and O–H groups in total. The Kier molecular flexibility index (Phi) is 12.5. The number of anilines is 3. The maximum Gasteiger partial charge on any atom is 0.349 e. The molecule has 0 saturated carbocycles. The lowest BCUT2D eigenvalue weighted by molar-refractivity contribution is -0.136. The average Bonchev–Trinajstić information content (AvgIpc) is 3.27. The van der Waals surface area contributed by atoms with Crippen LogP contribution in [0.25, 0.3) is 0 Å². The van der Waals surface area contributed by atoms with Crippen LogP contribution in [0.1, 0.15) is 65.6 Å². The lowest BCUT2D eigenvalue weighted by Crippen LogP contribution is -2.25. The molecule has 2 unspecified atom stereocenters. The van der Waals surface area contributed by atoms with Crippen molar-refractivity contribution in [2.24, 2.45) is 0 Å². The van der Waals surface area contributed by atoms with Crippen molar-refractivity contribution < 1.29 is 28.5 Å². The van der Waals surface area contributed by atoms with Crippen molar-refractivity contribution in [2.75, 3.05) is 18.6 Å². The number of hydrogen-bond acceptors (Lipinski definition) is 7. The number of methoxy groups -OCH3 is 1. The highest BCUT2D eigenvalue weighted by molar-refractivity contribution is 5.77. The minimum absolute atomic E-state index is 0.0998. The van der Waals surface area contributed by atoms with E-state index in [0.29, 0.717) is 17.2 Å². The number of nitrogens with zero attached hydrogens (tertiary/aromatic N) is 1. The number of benzene rings is 7. The zero-order valence-electron chi connectivity index (χ0n) is 34.8. The van der Waals surface area contributed by atoms with Crippen LogP contribution >= 0.6 is 0 Å². The summed E-state index contributed by atoms with van der Waals surface area (Å²) in [5.41, 5.74) is 10.4. The molecular weight excluding hydrogens is 747 g/mol. The lowest BCUT2D eigenvalue weighted by Gasteiger charge is -2.33. The highest BCUT2D eigenvalue weighted by Crippen LogP contribution is 2.42. The van der Waals surface area contributed by atoms with E-state index in [2.05, 4.69) is 118 Å². The van der Waals surface area contributed by atoms with Gasteiger partial charge in [0.15, 0.2) is 6.61 Å². The predicted octanol–water partition coefficient (Wildman–Crippen LogP) is 12.2. The second-order valence-corrected chi connectivity index (χ2v) is 15.1. The molecule has 0 fully saturated rings. The van der Waals surface area contributed by atoms with Gasteiger partial charge in [-0.3, -0.25) is 4.79 Å². The van der Waals surface area contributed by atoms with Gasteiger partial charge in [-0.2, -0.15) is 0 Å². The molecule has 0 aromatic heterocycles. The molecule has 60 heavy (non-hydrogen) atoms. The highest BCUT2D eigenvalue weighted by Gasteiger charge is 2.32. The molecular formula is C53H49NO6. The van der Waals surface area contributed by atoms with Crippen molar-refractivity contribution in [1.82, 2.24) is 0 Å². The summed E-state index contributed by atoms with van der Waals surface area (Å²) < 4.78 is 22.2. The van der Waals surface area contributed by atoms with Gasteiger partial charge in [-0.15, -0.1) is 0 Å². The maximum atomic E-state index is 13.0. The third-order valence-corrected chi connectivity index (χ3v) is 11.0. The Balaban J connectivity index is 1.06. The van der Waals surface area contributed by atoms with E-state index in [1.807, 2.05) is 72.8 Å². The SMILES string of the molecule is COc1ccc(C(C)(c2ccc(OC(=O)COc3ccc(C(C)c4ccc(OC(C)=O)cc4)cc3)cc2)c2ccc(N(c3ccc(C)cc3)c3ccc(C)cc3)cc2)cc1. The molecule has 7 rings (SSSR count). The smallest absolute Gasteiger partial charge is 0.349 e. The van der Waals surface area contributed by atoms with Gasteiger partial charge in [0.25, 0.3) is 0 Å². The van der Waals surface area contributed by atoms with Gasteiger partial charge in [-0.25, -0.2) is 4.79 Å². The van der Waals surface area contributed by atoms with Gasteiger partial charge in [0.1, 0.15) is 23.0 Å². The molecule has 0 amide bonds. The number of carbonyl (C=O) groups excluding carboxylic acids is 2. The number of aryl methyl sites for hydroxylation is 2. The molecule has 7 heteroatoms. The highest BCUT2D eigenvalue weighted by atomic mass is 16.6. The second kappa shape index (κ2) is 18.2. The first-order valence-electron chi connectivity index (χ1n) is 20.0. The Bertz CT molecular complexity index is 2470. The van der Waals surface area contributed by atoms with Crippen LogP contribution in [-0.2, 0) is 15.0 Å². The lowest BCUT2D eigenvalue weighted by atomic mass is 9.71. The van der Waals surface area contributed by atoms with Crippen molar-refractivity contribution in [2.45, 2.75) is 46.0 Å². The molecule has 0 radical (unpaired) electrons. The van der Waals surface area contributed by atoms with Crippen LogP contribution in [0.5, 0.6) is 23.0 Å². The van der Waals surface area contributed by atoms with E-state index in [9.17, 15) is 9.59 Å². The van der Waals surface area contributed by atoms with Crippen LogP contribution in [0, 0.1) is 13.8 Å². The number of carbonyl (C=O) groups is 2. The van der Waals surface area contributed by atoms with Crippen LogP contribution in [-0.4, -0.2) is 25.7 Å². The van der Waals surface area contributed by atoms with Crippen molar-refractivity contribution in [1.29, 1.82) is 0 Å². The number of rotatable bonds is 14. The zero-order chi connectivity index (χ0) is 42.2. The fraction of sp³-hybridized carbons (Fsp3) is 0.170. The van der Waals surface area contributed by atoms with Crippen molar-refractivity contribution in [3.8, 4) is 23.0 Å². The van der Waals surface area contributed by atoms with Gasteiger partial charge >= 0.3 is 11.9 Å². The normalized spacial score (nSPS) is 12.4. The Morgan fingerprint density at radius 2 is 0.883 bits per heavy atom. The fourth-order valence-corrected chi connectivity index (χ4v) is 7.40. The maximum absolute atomic E-state index is 13.0. The molecule has 7 aromatic rings. The first kappa shape index (κ1) is 41.1. The van der Waals surface area contributed by atoms with Gasteiger partial charge in [0.2, 0.25) is 0 Å². The van der Waals surface area contributed by atoms with Crippen LogP contribution in [0.3, 0.4) is 0 Å². The van der Waals surface area contributed by atoms with Crippen molar-refractivity contribution in [3.05, 3.63) is 209 Å². The van der Waals surface area contributed by atoms with Crippen LogP contribution in [0.15, 0.2) is 170 Å². The Morgan fingerprint density at radius 3 is 1.32 bits per heavy atom. The van der Waals surface area contributed by atoms with Crippen molar-refractivity contribution >= 4 is 29.0 Å². The van der Waals surface area contributed by atoms with Crippen LogP contribution in [0.4, 0.5) is 17.1 Å².